The van der Waals surface area contributed by atoms with Crippen LogP contribution in [0.15, 0.2) is 53.0 Å². The maximum atomic E-state index is 13.6. The minimum absolute atomic E-state index is 0.0611. The fraction of sp³-hybridized carbons (Fsp3) is 0.263. The number of hydrogen-bond acceptors (Lipinski definition) is 3. The van der Waals surface area contributed by atoms with Gasteiger partial charge in [-0.1, -0.05) is 46.3 Å². The van der Waals surface area contributed by atoms with Crippen LogP contribution in [-0.2, 0) is 16.0 Å². The quantitative estimate of drug-likeness (QED) is 0.708. The molecule has 0 aliphatic carbocycles. The van der Waals surface area contributed by atoms with E-state index in [1.165, 1.54) is 17.7 Å². The van der Waals surface area contributed by atoms with Crippen LogP contribution >= 0.6 is 15.9 Å². The Kier molecular flexibility index (Phi) is 7.13. The summed E-state index contributed by atoms with van der Waals surface area (Å²) < 4.78 is 19.0. The highest BCUT2D eigenvalue weighted by molar-refractivity contribution is 9.10. The van der Waals surface area contributed by atoms with Crippen molar-refractivity contribution in [3.8, 4) is 0 Å². The lowest BCUT2D eigenvalue weighted by atomic mass is 10.1. The molecule has 2 aromatic carbocycles. The van der Waals surface area contributed by atoms with Crippen molar-refractivity contribution in [2.75, 3.05) is 6.61 Å². The number of amides is 1. The molecule has 0 aliphatic rings. The van der Waals surface area contributed by atoms with Crippen molar-refractivity contribution in [3.63, 3.8) is 0 Å². The van der Waals surface area contributed by atoms with E-state index in [2.05, 4.69) is 21.2 Å². The van der Waals surface area contributed by atoms with Gasteiger partial charge in [0.1, 0.15) is 5.82 Å². The Morgan fingerprint density at radius 1 is 1.20 bits per heavy atom. The Morgan fingerprint density at radius 2 is 1.92 bits per heavy atom. The molecule has 132 valence electrons. The normalized spacial score (nSPS) is 11.6. The standard InChI is InChI=1S/C19H19BrFNO3/c1-13(7-8-14-5-3-2-4-6-14)22-18(23)12-25-19(24)16-11-15(20)9-10-17(16)21/h2-6,9-11,13H,7-8,12H2,1H3,(H,22,23)/t13-/m0/s1. The highest BCUT2D eigenvalue weighted by Gasteiger charge is 2.16. The van der Waals surface area contributed by atoms with Crippen molar-refractivity contribution < 1.29 is 18.7 Å². The zero-order chi connectivity index (χ0) is 18.2. The molecule has 0 radical (unpaired) electrons. The van der Waals surface area contributed by atoms with Gasteiger partial charge < -0.3 is 10.1 Å². The number of carbonyl (C=O) groups is 2. The second-order valence-electron chi connectivity index (χ2n) is 5.69. The molecule has 0 aliphatic heterocycles. The first-order valence-corrected chi connectivity index (χ1v) is 8.70. The molecule has 0 heterocycles. The summed E-state index contributed by atoms with van der Waals surface area (Å²) in [6, 6.07) is 13.9. The van der Waals surface area contributed by atoms with Gasteiger partial charge >= 0.3 is 5.97 Å². The predicted octanol–water partition coefficient (Wildman–Crippen LogP) is 3.88. The number of carbonyl (C=O) groups excluding carboxylic acids is 2. The molecule has 0 saturated carbocycles. The molecule has 0 unspecified atom stereocenters. The molecule has 1 amide bonds. The SMILES string of the molecule is C[C@@H](CCc1ccccc1)NC(=O)COC(=O)c1cc(Br)ccc1F. The van der Waals surface area contributed by atoms with Gasteiger partial charge in [0.15, 0.2) is 6.61 Å². The molecule has 0 bridgehead atoms. The number of aryl methyl sites for hydroxylation is 1. The summed E-state index contributed by atoms with van der Waals surface area (Å²) in [5, 5.41) is 2.76. The Labute approximate surface area is 154 Å². The van der Waals surface area contributed by atoms with Gasteiger partial charge in [-0.05, 0) is 43.5 Å². The first-order chi connectivity index (χ1) is 12.0. The Bertz CT molecular complexity index is 737. The average molecular weight is 408 g/mol. The van der Waals surface area contributed by atoms with Crippen molar-refractivity contribution in [2.45, 2.75) is 25.8 Å². The van der Waals surface area contributed by atoms with Crippen LogP contribution in [0.4, 0.5) is 4.39 Å². The van der Waals surface area contributed by atoms with Crippen LogP contribution in [0.3, 0.4) is 0 Å². The molecule has 4 nitrogen and oxygen atoms in total. The van der Waals surface area contributed by atoms with E-state index in [0.717, 1.165) is 18.9 Å². The summed E-state index contributed by atoms with van der Waals surface area (Å²) in [6.45, 7) is 1.44. The van der Waals surface area contributed by atoms with Crippen LogP contribution in [0.2, 0.25) is 0 Å². The Morgan fingerprint density at radius 3 is 2.64 bits per heavy atom. The summed E-state index contributed by atoms with van der Waals surface area (Å²) in [7, 11) is 0. The van der Waals surface area contributed by atoms with Gasteiger partial charge in [0.25, 0.3) is 5.91 Å². The van der Waals surface area contributed by atoms with E-state index in [-0.39, 0.29) is 11.6 Å². The number of benzene rings is 2. The maximum Gasteiger partial charge on any atom is 0.341 e. The third-order valence-electron chi connectivity index (χ3n) is 3.60. The third-order valence-corrected chi connectivity index (χ3v) is 4.09. The van der Waals surface area contributed by atoms with Crippen LogP contribution in [-0.4, -0.2) is 24.5 Å². The van der Waals surface area contributed by atoms with Crippen molar-refractivity contribution >= 4 is 27.8 Å². The minimum Gasteiger partial charge on any atom is -0.452 e. The fourth-order valence-electron chi connectivity index (χ4n) is 2.28. The summed E-state index contributed by atoms with van der Waals surface area (Å²) in [6.07, 6.45) is 1.61. The zero-order valence-corrected chi connectivity index (χ0v) is 15.4. The lowest BCUT2D eigenvalue weighted by Crippen LogP contribution is -2.36. The van der Waals surface area contributed by atoms with E-state index >= 15 is 0 Å². The average Bonchev–Trinajstić information content (AvgIpc) is 2.61. The van der Waals surface area contributed by atoms with Crippen molar-refractivity contribution in [1.82, 2.24) is 5.32 Å². The molecule has 0 aromatic heterocycles. The molecule has 0 spiro atoms. The smallest absolute Gasteiger partial charge is 0.341 e. The van der Waals surface area contributed by atoms with Crippen LogP contribution in [0.5, 0.6) is 0 Å². The van der Waals surface area contributed by atoms with E-state index in [0.29, 0.717) is 4.47 Å². The van der Waals surface area contributed by atoms with Crippen molar-refractivity contribution in [1.29, 1.82) is 0 Å². The van der Waals surface area contributed by atoms with E-state index < -0.39 is 24.3 Å². The van der Waals surface area contributed by atoms with Gasteiger partial charge in [-0.15, -0.1) is 0 Å². The molecule has 2 aromatic rings. The number of halogens is 2. The third kappa shape index (κ3) is 6.31. The highest BCUT2D eigenvalue weighted by atomic mass is 79.9. The molecule has 6 heteroatoms. The predicted molar refractivity (Wildman–Crippen MR) is 96.8 cm³/mol. The number of nitrogens with one attached hydrogen (secondary N) is 1. The van der Waals surface area contributed by atoms with Crippen molar-refractivity contribution in [2.24, 2.45) is 0 Å². The molecule has 1 N–H and O–H groups in total. The van der Waals surface area contributed by atoms with Gasteiger partial charge in [-0.25, -0.2) is 9.18 Å². The van der Waals surface area contributed by atoms with E-state index in [9.17, 15) is 14.0 Å². The lowest BCUT2D eigenvalue weighted by Gasteiger charge is -2.14. The fourth-order valence-corrected chi connectivity index (χ4v) is 2.64. The second-order valence-corrected chi connectivity index (χ2v) is 6.61. The largest absolute Gasteiger partial charge is 0.452 e. The zero-order valence-electron chi connectivity index (χ0n) is 13.8. The number of esters is 1. The van der Waals surface area contributed by atoms with Crippen LogP contribution in [0.1, 0.15) is 29.3 Å². The molecule has 1 atom stereocenters. The van der Waals surface area contributed by atoms with E-state index in [4.69, 9.17) is 4.74 Å². The molecule has 0 saturated heterocycles. The van der Waals surface area contributed by atoms with Gasteiger partial charge in [0.05, 0.1) is 5.56 Å². The first-order valence-electron chi connectivity index (χ1n) is 7.91. The molecule has 25 heavy (non-hydrogen) atoms. The molecular formula is C19H19BrFNO3. The number of rotatable bonds is 7. The Balaban J connectivity index is 1.76. The second kappa shape index (κ2) is 9.32. The van der Waals surface area contributed by atoms with Gasteiger partial charge in [-0.3, -0.25) is 4.79 Å². The highest BCUT2D eigenvalue weighted by Crippen LogP contribution is 2.16. The Hall–Kier alpha value is -2.21. The molecule has 0 fully saturated rings. The van der Waals surface area contributed by atoms with E-state index in [1.54, 1.807) is 0 Å². The van der Waals surface area contributed by atoms with Crippen LogP contribution in [0, 0.1) is 5.82 Å². The summed E-state index contributed by atoms with van der Waals surface area (Å²) >= 11 is 3.16. The minimum atomic E-state index is -0.870. The maximum absolute atomic E-state index is 13.6. The van der Waals surface area contributed by atoms with Crippen molar-refractivity contribution in [3.05, 3.63) is 69.9 Å². The van der Waals surface area contributed by atoms with Crippen LogP contribution in [0.25, 0.3) is 0 Å². The number of ether oxygens (including phenoxy) is 1. The summed E-state index contributed by atoms with van der Waals surface area (Å²) in [5.74, 6) is -1.97. The van der Waals surface area contributed by atoms with Crippen LogP contribution < -0.4 is 5.32 Å². The van der Waals surface area contributed by atoms with Gasteiger partial charge in [-0.2, -0.15) is 0 Å². The molecular weight excluding hydrogens is 389 g/mol. The van der Waals surface area contributed by atoms with E-state index in [1.807, 2.05) is 37.3 Å². The monoisotopic (exact) mass is 407 g/mol. The number of hydrogen-bond donors (Lipinski definition) is 1. The summed E-state index contributed by atoms with van der Waals surface area (Å²) in [4.78, 5) is 23.7. The molecule has 2 rings (SSSR count). The summed E-state index contributed by atoms with van der Waals surface area (Å²) in [5.41, 5.74) is 0.986. The first kappa shape index (κ1) is 19.1. The lowest BCUT2D eigenvalue weighted by molar-refractivity contribution is -0.124. The topological polar surface area (TPSA) is 55.4 Å². The van der Waals surface area contributed by atoms with Gasteiger partial charge in [0, 0.05) is 10.5 Å². The van der Waals surface area contributed by atoms with Gasteiger partial charge in [0.2, 0.25) is 0 Å².